The van der Waals surface area contributed by atoms with Gasteiger partial charge in [0, 0.05) is 18.1 Å². The second kappa shape index (κ2) is 6.75. The maximum Gasteiger partial charge on any atom is 0.315 e. The van der Waals surface area contributed by atoms with Crippen molar-refractivity contribution in [2.75, 3.05) is 6.61 Å². The first-order chi connectivity index (χ1) is 10.7. The second-order valence-electron chi connectivity index (χ2n) is 7.25. The number of ether oxygens (including phenoxy) is 1. The highest BCUT2D eigenvalue weighted by Crippen LogP contribution is 2.54. The van der Waals surface area contributed by atoms with Crippen molar-refractivity contribution in [2.24, 2.45) is 5.41 Å². The van der Waals surface area contributed by atoms with E-state index >= 15 is 0 Å². The smallest absolute Gasteiger partial charge is 0.315 e. The first-order valence-corrected chi connectivity index (χ1v) is 9.02. The lowest BCUT2D eigenvalue weighted by molar-refractivity contribution is -0.126. The predicted octanol–water partition coefficient (Wildman–Crippen LogP) is 2.33. The highest BCUT2D eigenvalue weighted by atomic mass is 16.5. The van der Waals surface area contributed by atoms with Gasteiger partial charge in [-0.25, -0.2) is 4.79 Å². The van der Waals surface area contributed by atoms with E-state index in [1.54, 1.807) is 0 Å². The zero-order valence-electron chi connectivity index (χ0n) is 13.6. The number of hydrogen-bond acceptors (Lipinski definition) is 3. The van der Waals surface area contributed by atoms with Crippen molar-refractivity contribution in [3.05, 3.63) is 0 Å². The van der Waals surface area contributed by atoms with Crippen LogP contribution in [0.3, 0.4) is 0 Å². The third-order valence-electron chi connectivity index (χ3n) is 6.04. The minimum absolute atomic E-state index is 0.0870. The van der Waals surface area contributed by atoms with E-state index in [1.165, 1.54) is 12.8 Å². The molecule has 0 aromatic heterocycles. The Morgan fingerprint density at radius 2 is 1.91 bits per heavy atom. The van der Waals surface area contributed by atoms with E-state index in [9.17, 15) is 9.90 Å². The van der Waals surface area contributed by atoms with Crippen LogP contribution in [0.5, 0.6) is 0 Å². The fourth-order valence-electron chi connectivity index (χ4n) is 4.74. The summed E-state index contributed by atoms with van der Waals surface area (Å²) in [7, 11) is 0. The van der Waals surface area contributed by atoms with Crippen LogP contribution >= 0.6 is 0 Å². The van der Waals surface area contributed by atoms with Crippen LogP contribution in [0, 0.1) is 5.41 Å². The van der Waals surface area contributed by atoms with E-state index in [-0.39, 0.29) is 23.5 Å². The summed E-state index contributed by atoms with van der Waals surface area (Å²) in [6.45, 7) is 2.79. The number of aliphatic hydroxyl groups is 1. The molecule has 0 bridgehead atoms. The highest BCUT2D eigenvalue weighted by Gasteiger charge is 2.57. The zero-order chi connectivity index (χ0) is 15.6. The summed E-state index contributed by atoms with van der Waals surface area (Å²) < 4.78 is 5.88. The van der Waals surface area contributed by atoms with Gasteiger partial charge >= 0.3 is 6.03 Å². The summed E-state index contributed by atoms with van der Waals surface area (Å²) in [5, 5.41) is 16.1. The molecule has 126 valence electrons. The SMILES string of the molecule is CCOC1CC(NC(=O)NC2CCCCC2O)C12CCCC2. The minimum Gasteiger partial charge on any atom is -0.391 e. The number of rotatable bonds is 4. The van der Waals surface area contributed by atoms with Crippen LogP contribution in [0.2, 0.25) is 0 Å². The molecule has 0 aromatic carbocycles. The van der Waals surface area contributed by atoms with E-state index in [4.69, 9.17) is 4.74 Å². The van der Waals surface area contributed by atoms with Crippen LogP contribution in [-0.2, 0) is 4.74 Å². The predicted molar refractivity (Wildman–Crippen MR) is 84.7 cm³/mol. The van der Waals surface area contributed by atoms with Gasteiger partial charge in [0.05, 0.1) is 18.2 Å². The van der Waals surface area contributed by atoms with Crippen LogP contribution in [0.25, 0.3) is 0 Å². The van der Waals surface area contributed by atoms with Gasteiger partial charge in [-0.3, -0.25) is 0 Å². The normalized spacial score (nSPS) is 36.8. The molecule has 3 fully saturated rings. The summed E-state index contributed by atoms with van der Waals surface area (Å²) in [6, 6.07) is 0.0282. The van der Waals surface area contributed by atoms with Gasteiger partial charge in [0.15, 0.2) is 0 Å². The molecule has 1 spiro atoms. The van der Waals surface area contributed by atoms with Gasteiger partial charge in [-0.05, 0) is 39.0 Å². The first-order valence-electron chi connectivity index (χ1n) is 9.02. The molecule has 0 saturated heterocycles. The number of hydrogen-bond donors (Lipinski definition) is 3. The van der Waals surface area contributed by atoms with Gasteiger partial charge in [0.2, 0.25) is 0 Å². The standard InChI is InChI=1S/C17H30N2O3/c1-2-22-15-11-14(17(15)9-5-6-10-17)19-16(21)18-12-7-3-4-8-13(12)20/h12-15,20H,2-11H2,1H3,(H2,18,19,21). The number of carbonyl (C=O) groups excluding carboxylic acids is 1. The van der Waals surface area contributed by atoms with Gasteiger partial charge in [-0.15, -0.1) is 0 Å². The number of nitrogens with one attached hydrogen (secondary N) is 2. The monoisotopic (exact) mass is 310 g/mol. The Kier molecular flexibility index (Phi) is 4.93. The van der Waals surface area contributed by atoms with Crippen molar-refractivity contribution >= 4 is 6.03 Å². The molecule has 3 N–H and O–H groups in total. The average Bonchev–Trinajstić information content (AvgIpc) is 3.01. The Morgan fingerprint density at radius 3 is 2.59 bits per heavy atom. The van der Waals surface area contributed by atoms with Crippen LogP contribution in [0.15, 0.2) is 0 Å². The van der Waals surface area contributed by atoms with Crippen LogP contribution in [-0.4, -0.2) is 42.0 Å². The molecule has 22 heavy (non-hydrogen) atoms. The third-order valence-corrected chi connectivity index (χ3v) is 6.04. The summed E-state index contributed by atoms with van der Waals surface area (Å²) in [6.07, 6.45) is 9.47. The molecular weight excluding hydrogens is 280 g/mol. The van der Waals surface area contributed by atoms with Crippen LogP contribution < -0.4 is 10.6 Å². The minimum atomic E-state index is -0.391. The molecule has 5 heteroatoms. The largest absolute Gasteiger partial charge is 0.391 e. The molecule has 0 heterocycles. The van der Waals surface area contributed by atoms with E-state index < -0.39 is 6.10 Å². The van der Waals surface area contributed by atoms with Crippen molar-refractivity contribution in [1.29, 1.82) is 0 Å². The topological polar surface area (TPSA) is 70.6 Å². The Morgan fingerprint density at radius 1 is 1.18 bits per heavy atom. The quantitative estimate of drug-likeness (QED) is 0.746. The Hall–Kier alpha value is -0.810. The van der Waals surface area contributed by atoms with E-state index in [1.807, 2.05) is 6.92 Å². The Labute approximate surface area is 133 Å². The van der Waals surface area contributed by atoms with Crippen molar-refractivity contribution in [3.8, 4) is 0 Å². The molecule has 3 saturated carbocycles. The molecule has 5 nitrogen and oxygen atoms in total. The number of amides is 2. The van der Waals surface area contributed by atoms with Crippen molar-refractivity contribution < 1.29 is 14.6 Å². The van der Waals surface area contributed by atoms with E-state index in [0.29, 0.717) is 6.10 Å². The Balaban J connectivity index is 1.53. The number of urea groups is 1. The molecule has 3 rings (SSSR count). The van der Waals surface area contributed by atoms with Gasteiger partial charge in [0.25, 0.3) is 0 Å². The summed E-state index contributed by atoms with van der Waals surface area (Å²) in [4.78, 5) is 12.3. The first kappa shape index (κ1) is 16.1. The Bertz CT molecular complexity index is 395. The van der Waals surface area contributed by atoms with Crippen molar-refractivity contribution in [1.82, 2.24) is 10.6 Å². The molecule has 0 aliphatic heterocycles. The molecular formula is C17H30N2O3. The number of carbonyl (C=O) groups is 1. The lowest BCUT2D eigenvalue weighted by Gasteiger charge is -2.54. The molecule has 0 radical (unpaired) electrons. The summed E-state index contributed by atoms with van der Waals surface area (Å²) in [5.41, 5.74) is 0.165. The molecule has 0 aromatic rings. The molecule has 4 atom stereocenters. The van der Waals surface area contributed by atoms with Crippen LogP contribution in [0.4, 0.5) is 4.79 Å². The highest BCUT2D eigenvalue weighted by molar-refractivity contribution is 5.75. The maximum atomic E-state index is 12.3. The van der Waals surface area contributed by atoms with Crippen LogP contribution in [0.1, 0.15) is 64.7 Å². The van der Waals surface area contributed by atoms with Gasteiger partial charge in [-0.1, -0.05) is 25.7 Å². The fraction of sp³-hybridized carbons (Fsp3) is 0.941. The second-order valence-corrected chi connectivity index (χ2v) is 7.25. The van der Waals surface area contributed by atoms with E-state index in [2.05, 4.69) is 10.6 Å². The molecule has 2 amide bonds. The van der Waals surface area contributed by atoms with Gasteiger partial charge in [-0.2, -0.15) is 0 Å². The zero-order valence-corrected chi connectivity index (χ0v) is 13.6. The lowest BCUT2D eigenvalue weighted by atomic mass is 9.60. The lowest BCUT2D eigenvalue weighted by Crippen LogP contribution is -2.65. The number of aliphatic hydroxyl groups excluding tert-OH is 1. The fourth-order valence-corrected chi connectivity index (χ4v) is 4.74. The maximum absolute atomic E-state index is 12.3. The van der Waals surface area contributed by atoms with Gasteiger partial charge < -0.3 is 20.5 Å². The molecule has 3 aliphatic rings. The van der Waals surface area contributed by atoms with Gasteiger partial charge in [0.1, 0.15) is 0 Å². The van der Waals surface area contributed by atoms with Crippen molar-refractivity contribution in [3.63, 3.8) is 0 Å². The average molecular weight is 310 g/mol. The summed E-state index contributed by atoms with van der Waals surface area (Å²) in [5.74, 6) is 0. The van der Waals surface area contributed by atoms with E-state index in [0.717, 1.165) is 51.6 Å². The van der Waals surface area contributed by atoms with Crippen molar-refractivity contribution in [2.45, 2.75) is 89.0 Å². The molecule has 3 aliphatic carbocycles. The third kappa shape index (κ3) is 2.98. The summed E-state index contributed by atoms with van der Waals surface area (Å²) >= 11 is 0. The molecule has 4 unspecified atom stereocenters.